The molecule has 4 rings (SSSR count). The van der Waals surface area contributed by atoms with Crippen LogP contribution in [0.4, 0.5) is 4.79 Å². The van der Waals surface area contributed by atoms with Gasteiger partial charge in [0, 0.05) is 9.27 Å². The number of nitrogens with zero attached hydrogens (tertiary/aromatic N) is 2. The van der Waals surface area contributed by atoms with E-state index in [1.165, 1.54) is 4.90 Å². The van der Waals surface area contributed by atoms with Gasteiger partial charge in [-0.3, -0.25) is 9.69 Å². The standard InChI is InChI=1S/C19H18N4O2.C2H6.2H2/c1-12-7-8-14-15(9-12)22-18(21-14)16(10-13-5-3-2-4-6-13)23-17(24)11-20-19(23)25;1-2;;/h2-9,16H,10-11H2,1H3,(H,20,25)(H,21,22);1-2H3;2*1H/t16-;;;/m0.../s1. The number of hydrogen-bond acceptors (Lipinski definition) is 3. The highest BCUT2D eigenvalue weighted by molar-refractivity contribution is 6.02. The second-order valence-electron chi connectivity index (χ2n) is 6.27. The van der Waals surface area contributed by atoms with Crippen LogP contribution in [0.1, 0.15) is 39.7 Å². The fraction of sp³-hybridized carbons (Fsp3) is 0.286. The summed E-state index contributed by atoms with van der Waals surface area (Å²) < 4.78 is 0. The Balaban J connectivity index is 0.00000102. The third-order valence-corrected chi connectivity index (χ3v) is 4.43. The average molecular weight is 368 g/mol. The minimum atomic E-state index is -0.467. The van der Waals surface area contributed by atoms with Crippen LogP contribution in [0.2, 0.25) is 0 Å². The number of aryl methyl sites for hydroxylation is 1. The second kappa shape index (κ2) is 8.03. The number of hydrogen-bond donors (Lipinski definition) is 2. The predicted molar refractivity (Wildman–Crippen MR) is 110 cm³/mol. The zero-order valence-corrected chi connectivity index (χ0v) is 15.8. The molecule has 1 fully saturated rings. The number of benzene rings is 2. The van der Waals surface area contributed by atoms with Gasteiger partial charge in [0.15, 0.2) is 0 Å². The fourth-order valence-corrected chi connectivity index (χ4v) is 3.20. The number of urea groups is 1. The smallest absolute Gasteiger partial charge is 0.325 e. The lowest BCUT2D eigenvalue weighted by molar-refractivity contribution is -0.126. The maximum atomic E-state index is 12.3. The van der Waals surface area contributed by atoms with Crippen molar-refractivity contribution in [2.45, 2.75) is 33.2 Å². The van der Waals surface area contributed by atoms with Gasteiger partial charge in [0.05, 0.1) is 17.6 Å². The van der Waals surface area contributed by atoms with Crippen LogP contribution in [0.5, 0.6) is 0 Å². The summed E-state index contributed by atoms with van der Waals surface area (Å²) in [6, 6.07) is 14.9. The third-order valence-electron chi connectivity index (χ3n) is 4.43. The number of carbonyl (C=O) groups excluding carboxylic acids is 2. The van der Waals surface area contributed by atoms with Crippen molar-refractivity contribution in [3.8, 4) is 0 Å². The predicted octanol–water partition coefficient (Wildman–Crippen LogP) is 4.23. The Labute approximate surface area is 161 Å². The Bertz CT molecular complexity index is 944. The molecule has 2 N–H and O–H groups in total. The van der Waals surface area contributed by atoms with Crippen molar-refractivity contribution in [3.05, 3.63) is 65.5 Å². The molecule has 6 nitrogen and oxygen atoms in total. The van der Waals surface area contributed by atoms with Gasteiger partial charge in [-0.1, -0.05) is 50.2 Å². The van der Waals surface area contributed by atoms with Crippen LogP contribution in [0.3, 0.4) is 0 Å². The van der Waals surface area contributed by atoms with Crippen LogP contribution in [-0.2, 0) is 11.2 Å². The summed E-state index contributed by atoms with van der Waals surface area (Å²) in [5.74, 6) is 0.387. The topological polar surface area (TPSA) is 78.1 Å². The molecule has 3 aromatic rings. The first-order valence-electron chi connectivity index (χ1n) is 9.22. The lowest BCUT2D eigenvalue weighted by Crippen LogP contribution is -2.36. The highest BCUT2D eigenvalue weighted by Gasteiger charge is 2.37. The van der Waals surface area contributed by atoms with Crippen molar-refractivity contribution in [2.75, 3.05) is 6.54 Å². The average Bonchev–Trinajstić information content (AvgIpc) is 3.25. The molecule has 27 heavy (non-hydrogen) atoms. The van der Waals surface area contributed by atoms with Crippen molar-refractivity contribution in [1.82, 2.24) is 20.2 Å². The SMILES string of the molecule is CC.Cc1ccc2nc([C@H](Cc3ccccc3)N3C(=O)CNC3=O)[nH]c2c1.[HH].[HH]. The summed E-state index contributed by atoms with van der Waals surface area (Å²) in [4.78, 5) is 33.7. The van der Waals surface area contributed by atoms with Crippen LogP contribution >= 0.6 is 0 Å². The van der Waals surface area contributed by atoms with Gasteiger partial charge in [-0.25, -0.2) is 9.78 Å². The van der Waals surface area contributed by atoms with E-state index in [-0.39, 0.29) is 21.3 Å². The number of aromatic amines is 1. The van der Waals surface area contributed by atoms with E-state index in [0.29, 0.717) is 12.2 Å². The molecular weight excluding hydrogens is 340 g/mol. The number of carbonyl (C=O) groups is 2. The summed E-state index contributed by atoms with van der Waals surface area (Å²) in [5, 5.41) is 2.59. The van der Waals surface area contributed by atoms with E-state index in [0.717, 1.165) is 22.2 Å². The van der Waals surface area contributed by atoms with Gasteiger partial charge < -0.3 is 10.3 Å². The second-order valence-corrected chi connectivity index (χ2v) is 6.27. The van der Waals surface area contributed by atoms with E-state index in [1.807, 2.05) is 69.3 Å². The summed E-state index contributed by atoms with van der Waals surface area (Å²) >= 11 is 0. The van der Waals surface area contributed by atoms with Crippen molar-refractivity contribution in [2.24, 2.45) is 0 Å². The van der Waals surface area contributed by atoms with E-state index in [9.17, 15) is 9.59 Å². The number of imide groups is 1. The monoisotopic (exact) mass is 368 g/mol. The van der Waals surface area contributed by atoms with Gasteiger partial charge >= 0.3 is 6.03 Å². The fourth-order valence-electron chi connectivity index (χ4n) is 3.20. The molecule has 0 spiro atoms. The highest BCUT2D eigenvalue weighted by atomic mass is 16.2. The molecule has 0 aliphatic carbocycles. The lowest BCUT2D eigenvalue weighted by atomic mass is 10.0. The van der Waals surface area contributed by atoms with E-state index in [1.54, 1.807) is 0 Å². The normalized spacial score (nSPS) is 14.7. The van der Waals surface area contributed by atoms with Gasteiger partial charge in [-0.2, -0.15) is 0 Å². The van der Waals surface area contributed by atoms with E-state index >= 15 is 0 Å². The van der Waals surface area contributed by atoms with Gasteiger partial charge in [-0.15, -0.1) is 0 Å². The van der Waals surface area contributed by atoms with Crippen LogP contribution in [-0.4, -0.2) is 33.4 Å². The van der Waals surface area contributed by atoms with Crippen LogP contribution in [0, 0.1) is 6.92 Å². The molecule has 144 valence electrons. The maximum absolute atomic E-state index is 12.3. The van der Waals surface area contributed by atoms with Crippen LogP contribution < -0.4 is 5.32 Å². The molecule has 1 aromatic heterocycles. The summed E-state index contributed by atoms with van der Waals surface area (Å²) in [7, 11) is 0. The molecule has 2 heterocycles. The van der Waals surface area contributed by atoms with Crippen LogP contribution in [0.25, 0.3) is 11.0 Å². The number of aromatic nitrogens is 2. The highest BCUT2D eigenvalue weighted by Crippen LogP contribution is 2.27. The molecule has 2 aromatic carbocycles. The van der Waals surface area contributed by atoms with Crippen LogP contribution in [0.15, 0.2) is 48.5 Å². The summed E-state index contributed by atoms with van der Waals surface area (Å²) in [6.07, 6.45) is 0.513. The van der Waals surface area contributed by atoms with E-state index < -0.39 is 6.04 Å². The Morgan fingerprint density at radius 3 is 2.56 bits per heavy atom. The molecule has 0 unspecified atom stereocenters. The van der Waals surface area contributed by atoms with Gasteiger partial charge in [-0.05, 0) is 30.2 Å². The number of nitrogens with one attached hydrogen (secondary N) is 2. The minimum absolute atomic E-state index is 0. The molecule has 1 atom stereocenters. The Morgan fingerprint density at radius 2 is 1.89 bits per heavy atom. The van der Waals surface area contributed by atoms with Crippen molar-refractivity contribution >= 4 is 23.0 Å². The molecule has 3 amide bonds. The van der Waals surface area contributed by atoms with Crippen molar-refractivity contribution in [1.29, 1.82) is 0 Å². The Hall–Kier alpha value is -3.15. The lowest BCUT2D eigenvalue weighted by Gasteiger charge is -2.23. The largest absolute Gasteiger partial charge is 0.340 e. The molecule has 6 heteroatoms. The number of imidazole rings is 1. The zero-order valence-electron chi connectivity index (χ0n) is 15.8. The first-order valence-corrected chi connectivity index (χ1v) is 9.22. The number of amides is 3. The number of rotatable bonds is 4. The zero-order chi connectivity index (χ0) is 19.4. The summed E-state index contributed by atoms with van der Waals surface area (Å²) in [5.41, 5.74) is 3.89. The number of H-pyrrole nitrogens is 1. The third kappa shape index (κ3) is 3.84. The molecular formula is C21H28N4O2. The first-order chi connectivity index (χ1) is 13.1. The Morgan fingerprint density at radius 1 is 1.15 bits per heavy atom. The quantitative estimate of drug-likeness (QED) is 0.677. The molecule has 1 aliphatic rings. The molecule has 0 radical (unpaired) electrons. The summed E-state index contributed by atoms with van der Waals surface area (Å²) in [6.45, 7) is 6.04. The first kappa shape index (κ1) is 18.6. The van der Waals surface area contributed by atoms with Gasteiger partial charge in [0.2, 0.25) is 0 Å². The van der Waals surface area contributed by atoms with E-state index in [2.05, 4.69) is 15.3 Å². The van der Waals surface area contributed by atoms with Crippen molar-refractivity contribution < 1.29 is 12.4 Å². The van der Waals surface area contributed by atoms with Gasteiger partial charge in [0.1, 0.15) is 11.9 Å². The van der Waals surface area contributed by atoms with E-state index in [4.69, 9.17) is 0 Å². The molecule has 1 saturated heterocycles. The number of fused-ring (bicyclic) bond motifs is 1. The van der Waals surface area contributed by atoms with Gasteiger partial charge in [0.25, 0.3) is 5.91 Å². The van der Waals surface area contributed by atoms with Crippen molar-refractivity contribution in [3.63, 3.8) is 0 Å². The Kier molecular flexibility index (Phi) is 5.54. The maximum Gasteiger partial charge on any atom is 0.325 e. The molecule has 1 aliphatic heterocycles. The minimum Gasteiger partial charge on any atom is -0.340 e. The molecule has 0 saturated carbocycles. The molecule has 0 bridgehead atoms.